The lowest BCUT2D eigenvalue weighted by molar-refractivity contribution is 0.251. The molecule has 1 aliphatic heterocycles. The van der Waals surface area contributed by atoms with Crippen LogP contribution in [0.2, 0.25) is 5.15 Å². The number of nitrogens with zero attached hydrogens (tertiary/aromatic N) is 2. The van der Waals surface area contributed by atoms with Gasteiger partial charge in [0.05, 0.1) is 5.69 Å². The molecule has 0 bridgehead atoms. The summed E-state index contributed by atoms with van der Waals surface area (Å²) in [5.74, 6) is 0. The van der Waals surface area contributed by atoms with E-state index in [0.29, 0.717) is 12.2 Å². The maximum atomic E-state index is 12.0. The third kappa shape index (κ3) is 4.69. The molecule has 2 heterocycles. The molecule has 1 fully saturated rings. The molecule has 0 saturated carbocycles. The lowest BCUT2D eigenvalue weighted by Gasteiger charge is -2.15. The Bertz CT molecular complexity index is 701. The van der Waals surface area contributed by atoms with Crippen molar-refractivity contribution in [3.63, 3.8) is 0 Å². The van der Waals surface area contributed by atoms with Gasteiger partial charge in [-0.15, -0.1) is 0 Å². The molecule has 0 spiro atoms. The van der Waals surface area contributed by atoms with E-state index in [1.807, 2.05) is 12.1 Å². The number of rotatable bonds is 5. The molecule has 0 unspecified atom stereocenters. The van der Waals surface area contributed by atoms with E-state index >= 15 is 0 Å². The minimum Gasteiger partial charge on any atom is -0.334 e. The Kier molecular flexibility index (Phi) is 5.67. The van der Waals surface area contributed by atoms with E-state index in [2.05, 4.69) is 32.7 Å². The summed E-state index contributed by atoms with van der Waals surface area (Å²) in [5, 5.41) is 5.82. The van der Waals surface area contributed by atoms with Gasteiger partial charge in [-0.3, -0.25) is 4.90 Å². The number of aromatic nitrogens is 1. The SMILES string of the molecule is O=C(NCc1cccc(CN2CCCC2)c1)Nc1cccnc1Cl. The van der Waals surface area contributed by atoms with Crippen LogP contribution in [-0.2, 0) is 13.1 Å². The molecule has 6 heteroatoms. The highest BCUT2D eigenvalue weighted by atomic mass is 35.5. The fraction of sp³-hybridized carbons (Fsp3) is 0.333. The summed E-state index contributed by atoms with van der Waals surface area (Å²) >= 11 is 5.93. The van der Waals surface area contributed by atoms with E-state index < -0.39 is 0 Å². The molecule has 2 aromatic rings. The zero-order chi connectivity index (χ0) is 16.8. The van der Waals surface area contributed by atoms with Crippen LogP contribution in [0.5, 0.6) is 0 Å². The second-order valence-corrected chi connectivity index (χ2v) is 6.31. The Balaban J connectivity index is 1.52. The van der Waals surface area contributed by atoms with Crippen molar-refractivity contribution in [3.05, 3.63) is 58.9 Å². The van der Waals surface area contributed by atoms with Crippen molar-refractivity contribution in [2.45, 2.75) is 25.9 Å². The van der Waals surface area contributed by atoms with Crippen molar-refractivity contribution in [2.75, 3.05) is 18.4 Å². The van der Waals surface area contributed by atoms with Gasteiger partial charge in [0.25, 0.3) is 0 Å². The van der Waals surface area contributed by atoms with Gasteiger partial charge in [0.1, 0.15) is 0 Å². The number of carbonyl (C=O) groups excluding carboxylic acids is 1. The molecule has 126 valence electrons. The first-order valence-corrected chi connectivity index (χ1v) is 8.54. The van der Waals surface area contributed by atoms with Gasteiger partial charge < -0.3 is 10.6 Å². The number of anilines is 1. The number of nitrogens with one attached hydrogen (secondary N) is 2. The van der Waals surface area contributed by atoms with Crippen LogP contribution in [0.4, 0.5) is 10.5 Å². The van der Waals surface area contributed by atoms with Gasteiger partial charge in [-0.25, -0.2) is 9.78 Å². The van der Waals surface area contributed by atoms with E-state index in [0.717, 1.165) is 12.1 Å². The molecule has 0 radical (unpaired) electrons. The van der Waals surface area contributed by atoms with E-state index in [1.165, 1.54) is 31.5 Å². The number of carbonyl (C=O) groups is 1. The molecule has 3 rings (SSSR count). The van der Waals surface area contributed by atoms with Crippen LogP contribution in [0.25, 0.3) is 0 Å². The first-order chi connectivity index (χ1) is 11.7. The van der Waals surface area contributed by atoms with Crippen molar-refractivity contribution in [3.8, 4) is 0 Å². The molecule has 1 aromatic carbocycles. The van der Waals surface area contributed by atoms with Crippen LogP contribution in [0.3, 0.4) is 0 Å². The highest BCUT2D eigenvalue weighted by Gasteiger charge is 2.12. The first kappa shape index (κ1) is 16.7. The third-order valence-electron chi connectivity index (χ3n) is 4.06. The summed E-state index contributed by atoms with van der Waals surface area (Å²) in [7, 11) is 0. The fourth-order valence-corrected chi connectivity index (χ4v) is 3.03. The average Bonchev–Trinajstić information content (AvgIpc) is 3.08. The molecule has 1 saturated heterocycles. The summed E-state index contributed by atoms with van der Waals surface area (Å²) in [4.78, 5) is 18.4. The van der Waals surface area contributed by atoms with Crippen LogP contribution >= 0.6 is 11.6 Å². The Morgan fingerprint density at radius 2 is 1.96 bits per heavy atom. The lowest BCUT2D eigenvalue weighted by atomic mass is 10.1. The second-order valence-electron chi connectivity index (χ2n) is 5.95. The summed E-state index contributed by atoms with van der Waals surface area (Å²) < 4.78 is 0. The predicted molar refractivity (Wildman–Crippen MR) is 96.1 cm³/mol. The second kappa shape index (κ2) is 8.13. The van der Waals surface area contributed by atoms with E-state index in [1.54, 1.807) is 18.3 Å². The monoisotopic (exact) mass is 344 g/mol. The van der Waals surface area contributed by atoms with Gasteiger partial charge in [-0.2, -0.15) is 0 Å². The summed E-state index contributed by atoms with van der Waals surface area (Å²) in [6.07, 6.45) is 4.16. The van der Waals surface area contributed by atoms with Crippen molar-refractivity contribution in [2.24, 2.45) is 0 Å². The summed E-state index contributed by atoms with van der Waals surface area (Å²) in [6, 6.07) is 11.5. The van der Waals surface area contributed by atoms with Gasteiger partial charge in [-0.05, 0) is 49.2 Å². The van der Waals surface area contributed by atoms with Crippen LogP contribution < -0.4 is 10.6 Å². The maximum absolute atomic E-state index is 12.0. The van der Waals surface area contributed by atoms with Crippen molar-refractivity contribution in [1.29, 1.82) is 0 Å². The van der Waals surface area contributed by atoms with Crippen molar-refractivity contribution < 1.29 is 4.79 Å². The fourth-order valence-electron chi connectivity index (χ4n) is 2.87. The number of hydrogen-bond donors (Lipinski definition) is 2. The molecular formula is C18H21ClN4O. The van der Waals surface area contributed by atoms with Crippen LogP contribution in [0.1, 0.15) is 24.0 Å². The molecule has 0 aliphatic carbocycles. The number of likely N-dealkylation sites (tertiary alicyclic amines) is 1. The molecule has 0 atom stereocenters. The van der Waals surface area contributed by atoms with E-state index in [-0.39, 0.29) is 11.2 Å². The Morgan fingerprint density at radius 1 is 1.17 bits per heavy atom. The Morgan fingerprint density at radius 3 is 2.75 bits per heavy atom. The van der Waals surface area contributed by atoms with E-state index in [9.17, 15) is 4.79 Å². The Labute approximate surface area is 147 Å². The van der Waals surface area contributed by atoms with Crippen LogP contribution in [0, 0.1) is 0 Å². The van der Waals surface area contributed by atoms with Crippen LogP contribution in [-0.4, -0.2) is 29.0 Å². The number of halogens is 1. The normalized spacial score (nSPS) is 14.5. The number of urea groups is 1. The topological polar surface area (TPSA) is 57.3 Å². The minimum atomic E-state index is -0.296. The molecule has 1 aliphatic rings. The molecule has 24 heavy (non-hydrogen) atoms. The van der Waals surface area contributed by atoms with Gasteiger partial charge in [-0.1, -0.05) is 35.9 Å². The number of pyridine rings is 1. The quantitative estimate of drug-likeness (QED) is 0.814. The third-order valence-corrected chi connectivity index (χ3v) is 4.36. The number of hydrogen-bond acceptors (Lipinski definition) is 3. The number of amides is 2. The molecule has 2 amide bonds. The smallest absolute Gasteiger partial charge is 0.319 e. The molecule has 2 N–H and O–H groups in total. The van der Waals surface area contributed by atoms with Gasteiger partial charge in [0, 0.05) is 19.3 Å². The predicted octanol–water partition coefficient (Wildman–Crippen LogP) is 3.65. The zero-order valence-electron chi connectivity index (χ0n) is 13.5. The van der Waals surface area contributed by atoms with E-state index in [4.69, 9.17) is 11.6 Å². The van der Waals surface area contributed by atoms with Gasteiger partial charge in [0.2, 0.25) is 0 Å². The molecule has 5 nitrogen and oxygen atoms in total. The molecule has 1 aromatic heterocycles. The molecular weight excluding hydrogens is 324 g/mol. The maximum Gasteiger partial charge on any atom is 0.319 e. The van der Waals surface area contributed by atoms with Gasteiger partial charge >= 0.3 is 6.03 Å². The average molecular weight is 345 g/mol. The highest BCUT2D eigenvalue weighted by Crippen LogP contribution is 2.17. The number of benzene rings is 1. The van der Waals surface area contributed by atoms with Crippen molar-refractivity contribution in [1.82, 2.24) is 15.2 Å². The summed E-state index contributed by atoms with van der Waals surface area (Å²) in [5.41, 5.74) is 2.87. The standard InChI is InChI=1S/C18H21ClN4O/c19-17-16(7-4-8-20-17)22-18(24)21-12-14-5-3-6-15(11-14)13-23-9-1-2-10-23/h3-8,11H,1-2,9-10,12-13H2,(H2,21,22,24). The largest absolute Gasteiger partial charge is 0.334 e. The van der Waals surface area contributed by atoms with Gasteiger partial charge in [0.15, 0.2) is 5.15 Å². The summed E-state index contributed by atoms with van der Waals surface area (Å²) in [6.45, 7) is 3.80. The van der Waals surface area contributed by atoms with Crippen molar-refractivity contribution >= 4 is 23.3 Å². The Hall–Kier alpha value is -2.11. The zero-order valence-corrected chi connectivity index (χ0v) is 14.2. The minimum absolute atomic E-state index is 0.278. The highest BCUT2D eigenvalue weighted by molar-refractivity contribution is 6.32. The van der Waals surface area contributed by atoms with Crippen LogP contribution in [0.15, 0.2) is 42.6 Å². The lowest BCUT2D eigenvalue weighted by Crippen LogP contribution is -2.28. The first-order valence-electron chi connectivity index (χ1n) is 8.16.